The molecule has 1 saturated carbocycles. The van der Waals surface area contributed by atoms with Crippen molar-refractivity contribution in [2.45, 2.75) is 44.8 Å². The fraction of sp³-hybridized carbons (Fsp3) is 0.308. The molecule has 5 rings (SSSR count). The molecule has 6 nitrogen and oxygen atoms in total. The van der Waals surface area contributed by atoms with Gasteiger partial charge in [0, 0.05) is 35.9 Å². The van der Waals surface area contributed by atoms with Gasteiger partial charge in [-0.25, -0.2) is 4.39 Å². The second-order valence-electron chi connectivity index (χ2n) is 8.74. The van der Waals surface area contributed by atoms with Crippen LogP contribution in [0.4, 0.5) is 4.39 Å². The fourth-order valence-corrected chi connectivity index (χ4v) is 4.32. The van der Waals surface area contributed by atoms with E-state index in [1.54, 1.807) is 0 Å². The van der Waals surface area contributed by atoms with Crippen LogP contribution in [0.3, 0.4) is 0 Å². The molecule has 8 heteroatoms. The van der Waals surface area contributed by atoms with Crippen molar-refractivity contribution in [3.63, 3.8) is 0 Å². The number of aromatic nitrogens is 2. The summed E-state index contributed by atoms with van der Waals surface area (Å²) in [5.74, 6) is -0.296. The largest absolute Gasteiger partial charge is 0.389 e. The monoisotopic (exact) mass is 478 g/mol. The Hall–Kier alpha value is -3.02. The molecule has 3 aromatic rings. The van der Waals surface area contributed by atoms with Crippen molar-refractivity contribution in [1.29, 1.82) is 0 Å². The zero-order valence-electron chi connectivity index (χ0n) is 19.3. The molecule has 0 radical (unpaired) electrons. The Morgan fingerprint density at radius 1 is 1.15 bits per heavy atom. The first-order valence-electron chi connectivity index (χ1n) is 11.2. The second-order valence-corrected chi connectivity index (χ2v) is 9.37. The van der Waals surface area contributed by atoms with Gasteiger partial charge in [0.2, 0.25) is 0 Å². The molecule has 1 aromatic carbocycles. The maximum absolute atomic E-state index is 12.5. The molecule has 0 saturated heterocycles. The Labute approximate surface area is 201 Å². The summed E-state index contributed by atoms with van der Waals surface area (Å²) in [5, 5.41) is 8.04. The number of aryl methyl sites for hydroxylation is 1. The Bertz CT molecular complexity index is 1210. The summed E-state index contributed by atoms with van der Waals surface area (Å²) in [6.45, 7) is 2.67. The van der Waals surface area contributed by atoms with E-state index in [1.165, 1.54) is 18.7 Å². The van der Waals surface area contributed by atoms with Crippen molar-refractivity contribution in [3.05, 3.63) is 77.0 Å². The topological polar surface area (TPSA) is 76.5 Å². The third kappa shape index (κ3) is 5.54. The lowest BCUT2D eigenvalue weighted by Gasteiger charge is -2.34. The third-order valence-electron chi connectivity index (χ3n) is 6.05. The third-order valence-corrected chi connectivity index (χ3v) is 6.55. The minimum Gasteiger partial charge on any atom is -0.389 e. The molecule has 3 heterocycles. The number of aldehydes is 1. The number of carbonyl (C=O) groups excluding carboxylic acids is 1. The summed E-state index contributed by atoms with van der Waals surface area (Å²) < 4.78 is 12.5. The standard InChI is InChI=1S/C19H18N2O2.C7H10FN2P/c1-13-3-4-17(20-11-13)15-7-14(12-22)8-16(9-15)18-10-19(23-21-18)5-2-6-19;1-9-4-6-7(11)2-5(8)3-10-6/h3-4,7-9,11-12H,2,5-6,10H2,1H3;2-3,9H,4,11H2,1H3. The van der Waals surface area contributed by atoms with Gasteiger partial charge in [-0.3, -0.25) is 14.8 Å². The van der Waals surface area contributed by atoms with E-state index in [2.05, 4.69) is 29.7 Å². The van der Waals surface area contributed by atoms with Crippen molar-refractivity contribution < 1.29 is 14.0 Å². The minimum absolute atomic E-state index is 0.0746. The smallest absolute Gasteiger partial charge is 0.150 e. The first kappa shape index (κ1) is 24.1. The number of nitrogens with zero attached hydrogens (tertiary/aromatic N) is 3. The average Bonchev–Trinajstić information content (AvgIpc) is 3.28. The molecule has 34 heavy (non-hydrogen) atoms. The fourth-order valence-electron chi connectivity index (χ4n) is 3.99. The van der Waals surface area contributed by atoms with E-state index in [0.29, 0.717) is 12.1 Å². The highest BCUT2D eigenvalue weighted by Gasteiger charge is 2.44. The molecule has 1 spiro atoms. The van der Waals surface area contributed by atoms with Crippen molar-refractivity contribution in [2.75, 3.05) is 7.05 Å². The number of benzene rings is 1. The molecule has 176 valence electrons. The lowest BCUT2D eigenvalue weighted by Crippen LogP contribution is -2.36. The number of rotatable bonds is 5. The van der Waals surface area contributed by atoms with E-state index in [-0.39, 0.29) is 11.4 Å². The zero-order chi connectivity index (χ0) is 24.1. The van der Waals surface area contributed by atoms with Gasteiger partial charge < -0.3 is 10.2 Å². The van der Waals surface area contributed by atoms with E-state index < -0.39 is 0 Å². The van der Waals surface area contributed by atoms with Crippen LogP contribution in [0.5, 0.6) is 0 Å². The number of pyridine rings is 2. The highest BCUT2D eigenvalue weighted by Crippen LogP contribution is 2.43. The molecule has 1 N–H and O–H groups in total. The molecule has 1 unspecified atom stereocenters. The highest BCUT2D eigenvalue weighted by atomic mass is 31.0. The molecule has 0 amide bonds. The van der Waals surface area contributed by atoms with E-state index in [4.69, 9.17) is 4.84 Å². The van der Waals surface area contributed by atoms with Gasteiger partial charge in [0.15, 0.2) is 0 Å². The summed E-state index contributed by atoms with van der Waals surface area (Å²) in [5.41, 5.74) is 6.21. The Kier molecular flexibility index (Phi) is 7.44. The van der Waals surface area contributed by atoms with E-state index in [9.17, 15) is 9.18 Å². The van der Waals surface area contributed by atoms with Crippen LogP contribution in [0.2, 0.25) is 0 Å². The van der Waals surface area contributed by atoms with Gasteiger partial charge in [-0.15, -0.1) is 9.24 Å². The van der Waals surface area contributed by atoms with Gasteiger partial charge in [0.25, 0.3) is 0 Å². The van der Waals surface area contributed by atoms with Crippen molar-refractivity contribution in [2.24, 2.45) is 5.16 Å². The van der Waals surface area contributed by atoms with Crippen LogP contribution in [0.1, 0.15) is 52.9 Å². The van der Waals surface area contributed by atoms with Crippen LogP contribution >= 0.6 is 9.24 Å². The van der Waals surface area contributed by atoms with Crippen LogP contribution in [-0.2, 0) is 11.4 Å². The maximum atomic E-state index is 12.5. The second kappa shape index (κ2) is 10.5. The van der Waals surface area contributed by atoms with Crippen LogP contribution in [0.15, 0.2) is 53.9 Å². The number of oxime groups is 1. The van der Waals surface area contributed by atoms with Gasteiger partial charge in [-0.2, -0.15) is 0 Å². The first-order valence-corrected chi connectivity index (χ1v) is 11.8. The molecular weight excluding hydrogens is 450 g/mol. The zero-order valence-corrected chi connectivity index (χ0v) is 20.5. The lowest BCUT2D eigenvalue weighted by atomic mass is 9.76. The Balaban J connectivity index is 0.000000210. The van der Waals surface area contributed by atoms with Crippen LogP contribution < -0.4 is 10.6 Å². The summed E-state index contributed by atoms with van der Waals surface area (Å²) in [6, 6.07) is 11.2. The van der Waals surface area contributed by atoms with Gasteiger partial charge in [0.1, 0.15) is 17.7 Å². The van der Waals surface area contributed by atoms with Crippen molar-refractivity contribution in [3.8, 4) is 11.3 Å². The molecule has 2 aromatic heterocycles. The predicted molar refractivity (Wildman–Crippen MR) is 135 cm³/mol. The van der Waals surface area contributed by atoms with Crippen LogP contribution in [0.25, 0.3) is 11.3 Å². The molecule has 0 bridgehead atoms. The number of halogens is 1. The average molecular weight is 479 g/mol. The minimum atomic E-state index is -0.296. The van der Waals surface area contributed by atoms with E-state index in [0.717, 1.165) is 64.6 Å². The van der Waals surface area contributed by atoms with Gasteiger partial charge in [-0.1, -0.05) is 11.2 Å². The molecule has 1 aliphatic heterocycles. The summed E-state index contributed by atoms with van der Waals surface area (Å²) >= 11 is 0. The number of hydrogen-bond acceptors (Lipinski definition) is 6. The van der Waals surface area contributed by atoms with Crippen molar-refractivity contribution in [1.82, 2.24) is 15.3 Å². The Morgan fingerprint density at radius 2 is 1.94 bits per heavy atom. The van der Waals surface area contributed by atoms with Gasteiger partial charge in [0.05, 0.1) is 23.3 Å². The number of nitrogens with one attached hydrogen (secondary N) is 1. The SMILES string of the molecule is CNCc1ncc(F)cc1P.Cc1ccc(-c2cc(C=O)cc(C3=NOC4(CCC4)C3)c2)nc1. The molecule has 1 aliphatic carbocycles. The first-order chi connectivity index (χ1) is 16.4. The lowest BCUT2D eigenvalue weighted by molar-refractivity contribution is -0.0755. The summed E-state index contributed by atoms with van der Waals surface area (Å²) in [6.07, 6.45) is 8.10. The number of hydrogen-bond donors (Lipinski definition) is 1. The van der Waals surface area contributed by atoms with E-state index >= 15 is 0 Å². The van der Waals surface area contributed by atoms with Crippen molar-refractivity contribution >= 4 is 26.5 Å². The maximum Gasteiger partial charge on any atom is 0.150 e. The van der Waals surface area contributed by atoms with Gasteiger partial charge >= 0.3 is 0 Å². The van der Waals surface area contributed by atoms with Crippen LogP contribution in [-0.4, -0.2) is 34.6 Å². The molecular formula is C26H28FN4O2P. The number of carbonyl (C=O) groups is 1. The molecule has 1 fully saturated rings. The Morgan fingerprint density at radius 3 is 2.53 bits per heavy atom. The van der Waals surface area contributed by atoms with Gasteiger partial charge in [-0.05, 0) is 74.4 Å². The predicted octanol–water partition coefficient (Wildman–Crippen LogP) is 4.36. The summed E-state index contributed by atoms with van der Waals surface area (Å²) in [4.78, 5) is 25.3. The molecule has 1 atom stereocenters. The van der Waals surface area contributed by atoms with E-state index in [1.807, 2.05) is 50.5 Å². The summed E-state index contributed by atoms with van der Waals surface area (Å²) in [7, 11) is 4.28. The van der Waals surface area contributed by atoms with Crippen LogP contribution in [0, 0.1) is 12.7 Å². The normalized spacial score (nSPS) is 15.6. The highest BCUT2D eigenvalue weighted by molar-refractivity contribution is 7.27. The quantitative estimate of drug-likeness (QED) is 0.436. The molecule has 2 aliphatic rings.